The molecule has 0 amide bonds. The minimum atomic E-state index is -0.463. The summed E-state index contributed by atoms with van der Waals surface area (Å²) in [6, 6.07) is 5.11. The first kappa shape index (κ1) is 15.2. The van der Waals surface area contributed by atoms with Crippen LogP contribution in [-0.4, -0.2) is 17.0 Å². The number of hydrogen-bond donors (Lipinski definition) is 2. The molecule has 0 unspecified atom stereocenters. The third-order valence-electron chi connectivity index (χ3n) is 2.98. The average Bonchev–Trinajstić information content (AvgIpc) is 2.47. The van der Waals surface area contributed by atoms with Gasteiger partial charge in [-0.05, 0) is 18.2 Å². The van der Waals surface area contributed by atoms with Gasteiger partial charge in [0.2, 0.25) is 0 Å². The smallest absolute Gasteiger partial charge is 0.135 e. The second kappa shape index (κ2) is 6.47. The molecule has 0 aliphatic carbocycles. The van der Waals surface area contributed by atoms with Crippen LogP contribution in [0, 0.1) is 11.6 Å². The molecule has 0 saturated heterocycles. The standard InChI is InChI=1S/C15H18F2N4/c1-9(2)15-20-13(18-3)7-14(21-15)19-8-10-6-11(16)4-5-12(10)17/h4-7,9H,8H2,1-3H3,(H2,18,19,20,21). The van der Waals surface area contributed by atoms with Crippen molar-refractivity contribution in [3.63, 3.8) is 0 Å². The SMILES string of the molecule is CNc1cc(NCc2cc(F)ccc2F)nc(C(C)C)n1. The van der Waals surface area contributed by atoms with Crippen LogP contribution in [0.5, 0.6) is 0 Å². The monoisotopic (exact) mass is 292 g/mol. The van der Waals surface area contributed by atoms with Gasteiger partial charge in [0.1, 0.15) is 29.1 Å². The van der Waals surface area contributed by atoms with Crippen LogP contribution in [0.25, 0.3) is 0 Å². The van der Waals surface area contributed by atoms with Gasteiger partial charge in [0, 0.05) is 31.1 Å². The molecule has 112 valence electrons. The number of rotatable bonds is 5. The highest BCUT2D eigenvalue weighted by molar-refractivity contribution is 5.47. The normalized spacial score (nSPS) is 10.8. The zero-order valence-electron chi connectivity index (χ0n) is 12.2. The van der Waals surface area contributed by atoms with Crippen molar-refractivity contribution in [2.45, 2.75) is 26.3 Å². The van der Waals surface area contributed by atoms with Gasteiger partial charge in [-0.15, -0.1) is 0 Å². The van der Waals surface area contributed by atoms with E-state index in [-0.39, 0.29) is 18.0 Å². The van der Waals surface area contributed by atoms with Crippen LogP contribution in [0.4, 0.5) is 20.4 Å². The van der Waals surface area contributed by atoms with Gasteiger partial charge in [0.05, 0.1) is 0 Å². The largest absolute Gasteiger partial charge is 0.373 e. The lowest BCUT2D eigenvalue weighted by Crippen LogP contribution is -2.08. The third kappa shape index (κ3) is 3.87. The fourth-order valence-corrected chi connectivity index (χ4v) is 1.81. The van der Waals surface area contributed by atoms with Crippen molar-refractivity contribution < 1.29 is 8.78 Å². The molecule has 0 atom stereocenters. The van der Waals surface area contributed by atoms with E-state index in [9.17, 15) is 8.78 Å². The van der Waals surface area contributed by atoms with E-state index < -0.39 is 11.6 Å². The summed E-state index contributed by atoms with van der Waals surface area (Å²) >= 11 is 0. The van der Waals surface area contributed by atoms with Gasteiger partial charge < -0.3 is 10.6 Å². The third-order valence-corrected chi connectivity index (χ3v) is 2.98. The maximum Gasteiger partial charge on any atom is 0.135 e. The Morgan fingerprint density at radius 3 is 2.48 bits per heavy atom. The highest BCUT2D eigenvalue weighted by atomic mass is 19.1. The van der Waals surface area contributed by atoms with Gasteiger partial charge in [-0.25, -0.2) is 18.7 Å². The molecular weight excluding hydrogens is 274 g/mol. The van der Waals surface area contributed by atoms with E-state index in [2.05, 4.69) is 20.6 Å². The summed E-state index contributed by atoms with van der Waals surface area (Å²) in [4.78, 5) is 8.71. The van der Waals surface area contributed by atoms with Gasteiger partial charge in [-0.3, -0.25) is 0 Å². The molecule has 2 N–H and O–H groups in total. The summed E-state index contributed by atoms with van der Waals surface area (Å²) in [5, 5.41) is 5.96. The lowest BCUT2D eigenvalue weighted by molar-refractivity contribution is 0.587. The average molecular weight is 292 g/mol. The van der Waals surface area contributed by atoms with Crippen LogP contribution in [0.2, 0.25) is 0 Å². The zero-order chi connectivity index (χ0) is 15.4. The molecule has 21 heavy (non-hydrogen) atoms. The first-order chi connectivity index (χ1) is 9.99. The number of anilines is 2. The molecule has 1 heterocycles. The van der Waals surface area contributed by atoms with Crippen molar-refractivity contribution in [3.05, 3.63) is 47.3 Å². The molecule has 6 heteroatoms. The Kier molecular flexibility index (Phi) is 4.67. The first-order valence-electron chi connectivity index (χ1n) is 6.74. The number of benzene rings is 1. The molecule has 0 spiro atoms. The second-order valence-electron chi connectivity index (χ2n) is 4.99. The van der Waals surface area contributed by atoms with E-state index in [1.807, 2.05) is 13.8 Å². The molecule has 0 fully saturated rings. The summed E-state index contributed by atoms with van der Waals surface area (Å²) in [5.74, 6) is 1.19. The fourth-order valence-electron chi connectivity index (χ4n) is 1.81. The molecule has 0 saturated carbocycles. The quantitative estimate of drug-likeness (QED) is 0.885. The Bertz CT molecular complexity index is 629. The lowest BCUT2D eigenvalue weighted by Gasteiger charge is -2.12. The van der Waals surface area contributed by atoms with E-state index in [0.29, 0.717) is 17.5 Å². The Labute approximate surface area is 122 Å². The van der Waals surface area contributed by atoms with Crippen molar-refractivity contribution in [2.75, 3.05) is 17.7 Å². The minimum Gasteiger partial charge on any atom is -0.373 e. The molecule has 0 aliphatic heterocycles. The summed E-state index contributed by atoms with van der Waals surface area (Å²) in [7, 11) is 1.77. The van der Waals surface area contributed by atoms with Crippen LogP contribution in [0.3, 0.4) is 0 Å². The maximum absolute atomic E-state index is 13.6. The molecule has 0 bridgehead atoms. The lowest BCUT2D eigenvalue weighted by atomic mass is 10.2. The topological polar surface area (TPSA) is 49.8 Å². The number of nitrogens with zero attached hydrogens (tertiary/aromatic N) is 2. The molecule has 0 radical (unpaired) electrons. The van der Waals surface area contributed by atoms with Crippen molar-refractivity contribution in [1.29, 1.82) is 0 Å². The second-order valence-corrected chi connectivity index (χ2v) is 4.99. The first-order valence-corrected chi connectivity index (χ1v) is 6.74. The van der Waals surface area contributed by atoms with Gasteiger partial charge in [-0.1, -0.05) is 13.8 Å². The molecule has 2 aromatic rings. The summed E-state index contributed by atoms with van der Waals surface area (Å²) < 4.78 is 26.7. The maximum atomic E-state index is 13.6. The van der Waals surface area contributed by atoms with Crippen LogP contribution in [0.1, 0.15) is 31.2 Å². The van der Waals surface area contributed by atoms with E-state index in [1.54, 1.807) is 13.1 Å². The van der Waals surface area contributed by atoms with Crippen LogP contribution < -0.4 is 10.6 Å². The predicted molar refractivity (Wildman–Crippen MR) is 79.4 cm³/mol. The number of halogens is 2. The van der Waals surface area contributed by atoms with Crippen molar-refractivity contribution in [3.8, 4) is 0 Å². The van der Waals surface area contributed by atoms with E-state index in [1.165, 1.54) is 6.07 Å². The van der Waals surface area contributed by atoms with E-state index in [4.69, 9.17) is 0 Å². The Morgan fingerprint density at radius 2 is 1.81 bits per heavy atom. The number of nitrogens with one attached hydrogen (secondary N) is 2. The van der Waals surface area contributed by atoms with Crippen molar-refractivity contribution >= 4 is 11.6 Å². The van der Waals surface area contributed by atoms with Crippen LogP contribution >= 0.6 is 0 Å². The Morgan fingerprint density at radius 1 is 1.10 bits per heavy atom. The van der Waals surface area contributed by atoms with E-state index >= 15 is 0 Å². The van der Waals surface area contributed by atoms with Gasteiger partial charge >= 0.3 is 0 Å². The highest BCUT2D eigenvalue weighted by Crippen LogP contribution is 2.18. The molecule has 0 aliphatic rings. The van der Waals surface area contributed by atoms with Gasteiger partial charge in [0.25, 0.3) is 0 Å². The zero-order valence-corrected chi connectivity index (χ0v) is 12.2. The van der Waals surface area contributed by atoms with Crippen LogP contribution in [0.15, 0.2) is 24.3 Å². The highest BCUT2D eigenvalue weighted by Gasteiger charge is 2.09. The summed E-state index contributed by atoms with van der Waals surface area (Å²) in [5.41, 5.74) is 0.255. The number of hydrogen-bond acceptors (Lipinski definition) is 4. The Hall–Kier alpha value is -2.24. The van der Waals surface area contributed by atoms with Crippen molar-refractivity contribution in [2.24, 2.45) is 0 Å². The Balaban J connectivity index is 2.19. The molecule has 1 aromatic heterocycles. The summed E-state index contributed by atoms with van der Waals surface area (Å²) in [6.45, 7) is 4.14. The van der Waals surface area contributed by atoms with Crippen LogP contribution in [-0.2, 0) is 6.54 Å². The summed E-state index contributed by atoms with van der Waals surface area (Å²) in [6.07, 6.45) is 0. The van der Waals surface area contributed by atoms with Gasteiger partial charge in [-0.2, -0.15) is 0 Å². The van der Waals surface area contributed by atoms with E-state index in [0.717, 1.165) is 12.1 Å². The molecular formula is C15H18F2N4. The predicted octanol–water partition coefficient (Wildman–Crippen LogP) is 3.53. The minimum absolute atomic E-state index is 0.154. The molecule has 1 aromatic carbocycles. The molecule has 4 nitrogen and oxygen atoms in total. The van der Waals surface area contributed by atoms with Crippen molar-refractivity contribution in [1.82, 2.24) is 9.97 Å². The van der Waals surface area contributed by atoms with Gasteiger partial charge in [0.15, 0.2) is 0 Å². The fraction of sp³-hybridized carbons (Fsp3) is 0.333. The molecule has 2 rings (SSSR count). The number of aromatic nitrogens is 2.